The number of likely N-dealkylation sites (tertiary alicyclic amines) is 1. The maximum Gasteiger partial charge on any atom is 0.253 e. The van der Waals surface area contributed by atoms with Crippen LogP contribution in [0.1, 0.15) is 34.3 Å². The molecule has 0 bridgehead atoms. The van der Waals surface area contributed by atoms with Crippen LogP contribution in [-0.4, -0.2) is 29.8 Å². The smallest absolute Gasteiger partial charge is 0.253 e. The van der Waals surface area contributed by atoms with E-state index < -0.39 is 0 Å². The van der Waals surface area contributed by atoms with Crippen molar-refractivity contribution in [3.63, 3.8) is 0 Å². The van der Waals surface area contributed by atoms with Crippen LogP contribution in [0.3, 0.4) is 0 Å². The molecule has 1 aliphatic rings. The van der Waals surface area contributed by atoms with Crippen LogP contribution < -0.4 is 5.32 Å². The Hall–Kier alpha value is -2.33. The summed E-state index contributed by atoms with van der Waals surface area (Å²) in [5.74, 6) is -0.0282. The monoisotopic (exact) mass is 370 g/mol. The second-order valence-corrected chi connectivity index (χ2v) is 7.27. The fourth-order valence-electron chi connectivity index (χ4n) is 3.36. The molecule has 1 N–H and O–H groups in total. The molecule has 2 aromatic rings. The molecule has 1 fully saturated rings. The molecule has 3 rings (SSSR count). The highest BCUT2D eigenvalue weighted by molar-refractivity contribution is 6.30. The minimum Gasteiger partial charge on any atom is -0.339 e. The molecular weight excluding hydrogens is 348 g/mol. The molecule has 26 heavy (non-hydrogen) atoms. The molecule has 4 nitrogen and oxygen atoms in total. The van der Waals surface area contributed by atoms with Crippen LogP contribution in [0, 0.1) is 19.8 Å². The molecule has 0 unspecified atom stereocenters. The van der Waals surface area contributed by atoms with Crippen LogP contribution in [0.2, 0.25) is 5.02 Å². The predicted octanol–water partition coefficient (Wildman–Crippen LogP) is 4.45. The van der Waals surface area contributed by atoms with Crippen molar-refractivity contribution in [2.24, 2.45) is 5.92 Å². The molecule has 2 aromatic carbocycles. The highest BCUT2D eigenvalue weighted by Gasteiger charge is 2.28. The van der Waals surface area contributed by atoms with Gasteiger partial charge in [-0.25, -0.2) is 0 Å². The molecule has 0 aromatic heterocycles. The van der Waals surface area contributed by atoms with Crippen molar-refractivity contribution in [3.05, 3.63) is 64.2 Å². The van der Waals surface area contributed by atoms with E-state index >= 15 is 0 Å². The Morgan fingerprint density at radius 3 is 2.15 bits per heavy atom. The molecule has 136 valence electrons. The maximum absolute atomic E-state index is 12.6. The molecule has 1 heterocycles. The number of aryl methyl sites for hydroxylation is 2. The number of nitrogens with one attached hydrogen (secondary N) is 1. The zero-order chi connectivity index (χ0) is 18.7. The van der Waals surface area contributed by atoms with Gasteiger partial charge in [-0.15, -0.1) is 0 Å². The third-order valence-electron chi connectivity index (χ3n) is 4.97. The summed E-state index contributed by atoms with van der Waals surface area (Å²) in [5, 5.41) is 3.69. The number of rotatable bonds is 3. The summed E-state index contributed by atoms with van der Waals surface area (Å²) >= 11 is 5.88. The molecule has 0 aliphatic carbocycles. The Bertz CT molecular complexity index is 789. The zero-order valence-electron chi connectivity index (χ0n) is 15.1. The van der Waals surface area contributed by atoms with Gasteiger partial charge in [-0.05, 0) is 62.1 Å². The Labute approximate surface area is 159 Å². The van der Waals surface area contributed by atoms with Crippen LogP contribution in [0.25, 0.3) is 0 Å². The second-order valence-electron chi connectivity index (χ2n) is 6.83. The fourth-order valence-corrected chi connectivity index (χ4v) is 3.48. The van der Waals surface area contributed by atoms with Crippen molar-refractivity contribution in [1.82, 2.24) is 4.90 Å². The lowest BCUT2D eigenvalue weighted by atomic mass is 9.95. The number of hydrogen-bond acceptors (Lipinski definition) is 2. The van der Waals surface area contributed by atoms with E-state index in [9.17, 15) is 9.59 Å². The Morgan fingerprint density at radius 1 is 1.00 bits per heavy atom. The number of carbonyl (C=O) groups is 2. The van der Waals surface area contributed by atoms with Crippen molar-refractivity contribution >= 4 is 29.1 Å². The number of anilines is 1. The average molecular weight is 371 g/mol. The van der Waals surface area contributed by atoms with Crippen LogP contribution in [0.15, 0.2) is 42.5 Å². The second kappa shape index (κ2) is 7.92. The molecular formula is C21H23ClN2O2. The molecule has 0 radical (unpaired) electrons. The zero-order valence-corrected chi connectivity index (χ0v) is 15.8. The number of halogens is 1. The van der Waals surface area contributed by atoms with E-state index in [0.717, 1.165) is 16.8 Å². The first kappa shape index (κ1) is 18.5. The summed E-state index contributed by atoms with van der Waals surface area (Å²) < 4.78 is 0. The van der Waals surface area contributed by atoms with Crippen LogP contribution >= 0.6 is 11.6 Å². The number of nitrogens with zero attached hydrogens (tertiary/aromatic N) is 1. The van der Waals surface area contributed by atoms with Gasteiger partial charge in [0.1, 0.15) is 0 Å². The lowest BCUT2D eigenvalue weighted by molar-refractivity contribution is -0.121. The number of benzene rings is 2. The van der Waals surface area contributed by atoms with Gasteiger partial charge < -0.3 is 10.2 Å². The largest absolute Gasteiger partial charge is 0.339 e. The van der Waals surface area contributed by atoms with Gasteiger partial charge in [0, 0.05) is 35.3 Å². The predicted molar refractivity (Wildman–Crippen MR) is 105 cm³/mol. The molecule has 0 saturated carbocycles. The van der Waals surface area contributed by atoms with Gasteiger partial charge in [0.05, 0.1) is 0 Å². The van der Waals surface area contributed by atoms with Gasteiger partial charge in [-0.3, -0.25) is 9.59 Å². The molecule has 2 amide bonds. The highest BCUT2D eigenvalue weighted by atomic mass is 35.5. The Balaban J connectivity index is 1.58. The number of hydrogen-bond donors (Lipinski definition) is 1. The summed E-state index contributed by atoms with van der Waals surface area (Å²) in [5.41, 5.74) is 3.66. The van der Waals surface area contributed by atoms with E-state index in [2.05, 4.69) is 5.32 Å². The number of carbonyl (C=O) groups excluding carboxylic acids is 2. The number of piperidine rings is 1. The van der Waals surface area contributed by atoms with Crippen molar-refractivity contribution < 1.29 is 9.59 Å². The molecule has 1 saturated heterocycles. The average Bonchev–Trinajstić information content (AvgIpc) is 2.65. The van der Waals surface area contributed by atoms with Gasteiger partial charge in [-0.1, -0.05) is 29.8 Å². The third kappa shape index (κ3) is 4.07. The SMILES string of the molecule is Cc1cccc(C)c1NC(=O)C1CCN(C(=O)c2ccc(Cl)cc2)CC1. The first-order chi connectivity index (χ1) is 12.5. The molecule has 5 heteroatoms. The van der Waals surface area contributed by atoms with Crippen molar-refractivity contribution in [1.29, 1.82) is 0 Å². The van der Waals surface area contributed by atoms with Gasteiger partial charge in [0.15, 0.2) is 0 Å². The number of para-hydroxylation sites is 1. The Morgan fingerprint density at radius 2 is 1.58 bits per heavy atom. The number of amides is 2. The van der Waals surface area contributed by atoms with E-state index in [1.807, 2.05) is 36.9 Å². The van der Waals surface area contributed by atoms with Gasteiger partial charge in [0.25, 0.3) is 5.91 Å². The summed E-state index contributed by atoms with van der Waals surface area (Å²) in [6.07, 6.45) is 1.35. The van der Waals surface area contributed by atoms with E-state index in [0.29, 0.717) is 36.5 Å². The highest BCUT2D eigenvalue weighted by Crippen LogP contribution is 2.24. The first-order valence-electron chi connectivity index (χ1n) is 8.87. The van der Waals surface area contributed by atoms with Crippen LogP contribution in [0.4, 0.5) is 5.69 Å². The standard InChI is InChI=1S/C21H23ClN2O2/c1-14-4-3-5-15(2)19(14)23-20(25)16-10-12-24(13-11-16)21(26)17-6-8-18(22)9-7-17/h3-9,16H,10-13H2,1-2H3,(H,23,25). The van der Waals surface area contributed by atoms with Crippen molar-refractivity contribution in [2.75, 3.05) is 18.4 Å². The summed E-state index contributed by atoms with van der Waals surface area (Å²) in [4.78, 5) is 27.0. The van der Waals surface area contributed by atoms with Crippen molar-refractivity contribution in [3.8, 4) is 0 Å². The molecule has 0 spiro atoms. The minimum absolute atomic E-state index is 0.00438. The van der Waals surface area contributed by atoms with Crippen molar-refractivity contribution in [2.45, 2.75) is 26.7 Å². The van der Waals surface area contributed by atoms with Gasteiger partial charge in [0.2, 0.25) is 5.91 Å². The Kier molecular flexibility index (Phi) is 5.62. The maximum atomic E-state index is 12.6. The first-order valence-corrected chi connectivity index (χ1v) is 9.25. The van der Waals surface area contributed by atoms with Gasteiger partial charge >= 0.3 is 0 Å². The molecule has 0 atom stereocenters. The van der Waals surface area contributed by atoms with E-state index in [-0.39, 0.29) is 17.7 Å². The fraction of sp³-hybridized carbons (Fsp3) is 0.333. The van der Waals surface area contributed by atoms with E-state index in [1.165, 1.54) is 0 Å². The van der Waals surface area contributed by atoms with Crippen LogP contribution in [0.5, 0.6) is 0 Å². The van der Waals surface area contributed by atoms with Gasteiger partial charge in [-0.2, -0.15) is 0 Å². The van der Waals surface area contributed by atoms with Crippen LogP contribution in [-0.2, 0) is 4.79 Å². The quantitative estimate of drug-likeness (QED) is 0.867. The topological polar surface area (TPSA) is 49.4 Å². The third-order valence-corrected chi connectivity index (χ3v) is 5.23. The summed E-state index contributed by atoms with van der Waals surface area (Å²) in [6.45, 7) is 5.17. The summed E-state index contributed by atoms with van der Waals surface area (Å²) in [6, 6.07) is 12.9. The van der Waals surface area contributed by atoms with E-state index in [1.54, 1.807) is 24.3 Å². The normalized spacial score (nSPS) is 15.0. The van der Waals surface area contributed by atoms with E-state index in [4.69, 9.17) is 11.6 Å². The molecule has 1 aliphatic heterocycles. The summed E-state index contributed by atoms with van der Waals surface area (Å²) in [7, 11) is 0. The lowest BCUT2D eigenvalue weighted by Gasteiger charge is -2.31. The minimum atomic E-state index is -0.0664. The lowest BCUT2D eigenvalue weighted by Crippen LogP contribution is -2.41.